The third-order valence-electron chi connectivity index (χ3n) is 3.60. The van der Waals surface area contributed by atoms with Crippen LogP contribution in [0.1, 0.15) is 11.1 Å². The molecule has 0 aliphatic rings. The highest BCUT2D eigenvalue weighted by atomic mass is 35.5. The van der Waals surface area contributed by atoms with Gasteiger partial charge in [0.2, 0.25) is 0 Å². The summed E-state index contributed by atoms with van der Waals surface area (Å²) in [6, 6.07) is 11.4. The summed E-state index contributed by atoms with van der Waals surface area (Å²) in [6.45, 7) is 3.93. The molecule has 5 nitrogen and oxygen atoms in total. The molecule has 0 saturated heterocycles. The highest BCUT2D eigenvalue weighted by Gasteiger charge is 2.09. The molecule has 26 heavy (non-hydrogen) atoms. The van der Waals surface area contributed by atoms with Gasteiger partial charge in [0.1, 0.15) is 36.1 Å². The maximum atomic E-state index is 13.2. The van der Waals surface area contributed by atoms with E-state index in [0.717, 1.165) is 5.56 Å². The van der Waals surface area contributed by atoms with E-state index in [1.54, 1.807) is 36.4 Å². The summed E-state index contributed by atoms with van der Waals surface area (Å²) in [4.78, 5) is 8.08. The zero-order valence-electron chi connectivity index (χ0n) is 13.7. The minimum Gasteiger partial charge on any atom is -0.487 e. The molecule has 3 aromatic rings. The quantitative estimate of drug-likeness (QED) is 0.651. The zero-order valence-corrected chi connectivity index (χ0v) is 14.5. The molecule has 0 radical (unpaired) electrons. The van der Waals surface area contributed by atoms with E-state index in [1.807, 2.05) is 0 Å². The minimum absolute atomic E-state index is 0.216. The van der Waals surface area contributed by atoms with Gasteiger partial charge in [0.25, 0.3) is 0 Å². The Balaban J connectivity index is 1.73. The second-order valence-electron chi connectivity index (χ2n) is 5.41. The molecule has 1 heterocycles. The number of ether oxygens (including phenoxy) is 1. The summed E-state index contributed by atoms with van der Waals surface area (Å²) >= 11 is 6.28. The van der Waals surface area contributed by atoms with Crippen LogP contribution < -0.4 is 15.8 Å². The number of hydrogen-bond acceptors (Lipinski definition) is 5. The van der Waals surface area contributed by atoms with Crippen LogP contribution in [0.2, 0.25) is 5.02 Å². The number of benzene rings is 2. The van der Waals surface area contributed by atoms with Crippen LogP contribution in [-0.2, 0) is 6.61 Å². The summed E-state index contributed by atoms with van der Waals surface area (Å²) < 4.78 is 18.9. The molecule has 0 bridgehead atoms. The van der Waals surface area contributed by atoms with E-state index in [0.29, 0.717) is 33.7 Å². The predicted octanol–water partition coefficient (Wildman–Crippen LogP) is 4.82. The summed E-state index contributed by atoms with van der Waals surface area (Å²) in [6.07, 6.45) is 2.94. The van der Waals surface area contributed by atoms with Crippen LogP contribution in [0.3, 0.4) is 0 Å². The van der Waals surface area contributed by atoms with Crippen LogP contribution in [0.4, 0.5) is 21.7 Å². The Morgan fingerprint density at radius 1 is 1.23 bits per heavy atom. The largest absolute Gasteiger partial charge is 0.487 e. The van der Waals surface area contributed by atoms with E-state index in [9.17, 15) is 4.39 Å². The molecule has 0 amide bonds. The molecule has 0 saturated carbocycles. The molecule has 3 rings (SSSR count). The molecule has 0 aliphatic heterocycles. The Morgan fingerprint density at radius 3 is 2.81 bits per heavy atom. The number of anilines is 3. The first-order chi connectivity index (χ1) is 12.6. The van der Waals surface area contributed by atoms with Crippen LogP contribution >= 0.6 is 11.6 Å². The molecule has 0 fully saturated rings. The van der Waals surface area contributed by atoms with E-state index in [2.05, 4.69) is 21.9 Å². The summed E-state index contributed by atoms with van der Waals surface area (Å²) in [5.74, 6) is 1.04. The Bertz CT molecular complexity index is 949. The van der Waals surface area contributed by atoms with E-state index >= 15 is 0 Å². The van der Waals surface area contributed by atoms with Crippen molar-refractivity contribution >= 4 is 35.0 Å². The number of nitrogens with zero attached hydrogens (tertiary/aromatic N) is 2. The topological polar surface area (TPSA) is 73.1 Å². The van der Waals surface area contributed by atoms with Gasteiger partial charge in [-0.05, 0) is 35.9 Å². The van der Waals surface area contributed by atoms with Gasteiger partial charge in [-0.25, -0.2) is 14.4 Å². The van der Waals surface area contributed by atoms with E-state index in [-0.39, 0.29) is 12.4 Å². The third-order valence-corrected chi connectivity index (χ3v) is 3.89. The predicted molar refractivity (Wildman–Crippen MR) is 102 cm³/mol. The van der Waals surface area contributed by atoms with Crippen molar-refractivity contribution in [2.24, 2.45) is 0 Å². The van der Waals surface area contributed by atoms with Crippen molar-refractivity contribution < 1.29 is 9.13 Å². The Kier molecular flexibility index (Phi) is 5.34. The third kappa shape index (κ3) is 4.10. The molecule has 0 atom stereocenters. The molecule has 1 aromatic heterocycles. The average Bonchev–Trinajstić information content (AvgIpc) is 2.61. The highest BCUT2D eigenvalue weighted by molar-refractivity contribution is 6.32. The second kappa shape index (κ2) is 7.84. The van der Waals surface area contributed by atoms with E-state index in [4.69, 9.17) is 22.1 Å². The summed E-state index contributed by atoms with van der Waals surface area (Å²) in [5, 5.41) is 3.53. The Morgan fingerprint density at radius 2 is 2.08 bits per heavy atom. The van der Waals surface area contributed by atoms with E-state index < -0.39 is 0 Å². The molecule has 0 spiro atoms. The van der Waals surface area contributed by atoms with Gasteiger partial charge in [-0.3, -0.25) is 0 Å². The molecule has 0 aliphatic carbocycles. The van der Waals surface area contributed by atoms with Crippen molar-refractivity contribution in [3.05, 3.63) is 77.3 Å². The first-order valence-corrected chi connectivity index (χ1v) is 8.11. The van der Waals surface area contributed by atoms with Gasteiger partial charge in [-0.2, -0.15) is 0 Å². The van der Waals surface area contributed by atoms with Crippen molar-refractivity contribution in [3.8, 4) is 5.75 Å². The second-order valence-corrected chi connectivity index (χ2v) is 5.82. The number of nitrogen functional groups attached to an aromatic ring is 1. The molecule has 7 heteroatoms. The van der Waals surface area contributed by atoms with Crippen molar-refractivity contribution in [2.75, 3.05) is 11.1 Å². The highest BCUT2D eigenvalue weighted by Crippen LogP contribution is 2.30. The lowest BCUT2D eigenvalue weighted by atomic mass is 10.2. The molecule has 132 valence electrons. The lowest BCUT2D eigenvalue weighted by molar-refractivity contribution is 0.306. The zero-order chi connectivity index (χ0) is 18.5. The van der Waals surface area contributed by atoms with Gasteiger partial charge < -0.3 is 15.8 Å². The van der Waals surface area contributed by atoms with Crippen LogP contribution in [0, 0.1) is 5.82 Å². The molecular weight excluding hydrogens is 355 g/mol. The van der Waals surface area contributed by atoms with Crippen molar-refractivity contribution in [3.63, 3.8) is 0 Å². The van der Waals surface area contributed by atoms with Crippen molar-refractivity contribution in [2.45, 2.75) is 6.61 Å². The van der Waals surface area contributed by atoms with Crippen LogP contribution in [0.25, 0.3) is 6.08 Å². The fraction of sp³-hybridized carbons (Fsp3) is 0.0526. The SMILES string of the molecule is C=Cc1c(N)ncnc1Nc1ccc(OCc2cccc(F)c2)c(Cl)c1. The number of rotatable bonds is 6. The van der Waals surface area contributed by atoms with Gasteiger partial charge in [0.05, 0.1) is 10.6 Å². The van der Waals surface area contributed by atoms with Gasteiger partial charge in [-0.1, -0.05) is 36.4 Å². The number of nitrogens with one attached hydrogen (secondary N) is 1. The smallest absolute Gasteiger partial charge is 0.143 e. The lowest BCUT2D eigenvalue weighted by Gasteiger charge is -2.12. The molecule has 2 aromatic carbocycles. The van der Waals surface area contributed by atoms with Gasteiger partial charge in [0, 0.05) is 5.69 Å². The summed E-state index contributed by atoms with van der Waals surface area (Å²) in [5.41, 5.74) is 7.84. The Labute approximate surface area is 155 Å². The van der Waals surface area contributed by atoms with Crippen molar-refractivity contribution in [1.29, 1.82) is 0 Å². The number of nitrogens with two attached hydrogens (primary N) is 1. The maximum absolute atomic E-state index is 13.2. The van der Waals surface area contributed by atoms with Crippen LogP contribution in [-0.4, -0.2) is 9.97 Å². The van der Waals surface area contributed by atoms with Crippen molar-refractivity contribution in [1.82, 2.24) is 9.97 Å². The first kappa shape index (κ1) is 17.7. The summed E-state index contributed by atoms with van der Waals surface area (Å²) in [7, 11) is 0. The van der Waals surface area contributed by atoms with Crippen LogP contribution in [0.5, 0.6) is 5.75 Å². The van der Waals surface area contributed by atoms with Crippen LogP contribution in [0.15, 0.2) is 55.4 Å². The Hall–Kier alpha value is -3.12. The monoisotopic (exact) mass is 370 g/mol. The van der Waals surface area contributed by atoms with E-state index in [1.165, 1.54) is 18.5 Å². The lowest BCUT2D eigenvalue weighted by Crippen LogP contribution is -2.02. The minimum atomic E-state index is -0.307. The van der Waals surface area contributed by atoms with Gasteiger partial charge in [-0.15, -0.1) is 0 Å². The normalized spacial score (nSPS) is 10.4. The molecule has 3 N–H and O–H groups in total. The van der Waals surface area contributed by atoms with Gasteiger partial charge in [0.15, 0.2) is 0 Å². The number of aromatic nitrogens is 2. The number of halogens is 2. The average molecular weight is 371 g/mol. The maximum Gasteiger partial charge on any atom is 0.143 e. The molecular formula is C19H16ClFN4O. The number of hydrogen-bond donors (Lipinski definition) is 2. The van der Waals surface area contributed by atoms with Gasteiger partial charge >= 0.3 is 0 Å². The fourth-order valence-electron chi connectivity index (χ4n) is 2.33. The standard InChI is InChI=1S/C19H16ClFN4O/c1-2-15-18(22)23-11-24-19(15)25-14-6-7-17(16(20)9-14)26-10-12-4-3-5-13(21)8-12/h2-9,11H,1,10H2,(H3,22,23,24,25). The fourth-order valence-corrected chi connectivity index (χ4v) is 2.57. The molecule has 0 unspecified atom stereocenters. The first-order valence-electron chi connectivity index (χ1n) is 7.73.